The Kier molecular flexibility index (Phi) is 3.74. The van der Waals surface area contributed by atoms with Gasteiger partial charge in [-0.2, -0.15) is 0 Å². The first-order valence-corrected chi connectivity index (χ1v) is 32.9. The maximum atomic E-state index is 3.36. The SMILES string of the molecule is [Br][Sn-]([Br])([Br])([Br])[Br]. The molecule has 0 nitrogen and oxygen atoms in total. The Morgan fingerprint density at radius 2 is 0.667 bits per heavy atom. The molecule has 0 aromatic heterocycles. The first-order chi connectivity index (χ1) is 2.24. The monoisotopic (exact) mass is 514 g/mol. The van der Waals surface area contributed by atoms with Crippen molar-refractivity contribution in [1.82, 2.24) is 0 Å². The van der Waals surface area contributed by atoms with Crippen LogP contribution in [0.15, 0.2) is 0 Å². The van der Waals surface area contributed by atoms with Crippen LogP contribution in [-0.4, -0.2) is 5.89 Å². The van der Waals surface area contributed by atoms with E-state index in [1.165, 1.54) is 0 Å². The first kappa shape index (κ1) is 9.20. The summed E-state index contributed by atoms with van der Waals surface area (Å²) >= 11 is 16.8. The number of hydrogen-bond donors (Lipinski definition) is 0. The Labute approximate surface area is 67.6 Å². The van der Waals surface area contributed by atoms with E-state index in [2.05, 4.69) is 63.5 Å². The predicted molar refractivity (Wildman–Crippen MR) is 50.4 cm³/mol. The van der Waals surface area contributed by atoms with Crippen LogP contribution >= 0.6 is 63.5 Å². The topological polar surface area (TPSA) is 0 Å². The summed E-state index contributed by atoms with van der Waals surface area (Å²) in [6, 6.07) is 0. The minimum absolute atomic E-state index is 2.70. The third-order valence-corrected chi connectivity index (χ3v) is 0. The summed E-state index contributed by atoms with van der Waals surface area (Å²) in [4.78, 5) is 0. The molecule has 6 heavy (non-hydrogen) atoms. The van der Waals surface area contributed by atoms with E-state index in [-0.39, 0.29) is 0 Å². The zero-order valence-corrected chi connectivity index (χ0v) is 13.2. The molecular formula is Br5Sn-. The molecule has 0 amide bonds. The molecule has 0 saturated carbocycles. The molecule has 0 rings (SSSR count). The van der Waals surface area contributed by atoms with Gasteiger partial charge < -0.3 is 0 Å². The van der Waals surface area contributed by atoms with E-state index in [9.17, 15) is 0 Å². The quantitative estimate of drug-likeness (QED) is 0.428. The van der Waals surface area contributed by atoms with Crippen LogP contribution in [0.2, 0.25) is 0 Å². The zero-order valence-electron chi connectivity index (χ0n) is 2.39. The second-order valence-corrected chi connectivity index (χ2v) is 129. The fraction of sp³-hybridized carbons (Fsp3) is 0. The summed E-state index contributed by atoms with van der Waals surface area (Å²) in [5.74, 6) is -2.70. The van der Waals surface area contributed by atoms with Crippen LogP contribution in [0.4, 0.5) is 0 Å². The molecule has 0 spiro atoms. The van der Waals surface area contributed by atoms with E-state index in [4.69, 9.17) is 0 Å². The van der Waals surface area contributed by atoms with Crippen molar-refractivity contribution >= 4 is 69.4 Å². The van der Waals surface area contributed by atoms with Crippen molar-refractivity contribution in [1.29, 1.82) is 0 Å². The van der Waals surface area contributed by atoms with Crippen molar-refractivity contribution in [2.45, 2.75) is 0 Å². The van der Waals surface area contributed by atoms with Crippen LogP contribution in [0.3, 0.4) is 0 Å². The van der Waals surface area contributed by atoms with Gasteiger partial charge in [0.25, 0.3) is 0 Å². The van der Waals surface area contributed by atoms with Gasteiger partial charge in [0.2, 0.25) is 0 Å². The van der Waals surface area contributed by atoms with Gasteiger partial charge in [0.15, 0.2) is 0 Å². The molecule has 40 valence electrons. The Morgan fingerprint density at radius 3 is 0.667 bits per heavy atom. The van der Waals surface area contributed by atoms with Crippen molar-refractivity contribution in [3.63, 3.8) is 0 Å². The summed E-state index contributed by atoms with van der Waals surface area (Å²) in [5.41, 5.74) is 0. The number of hydrogen-bond acceptors (Lipinski definition) is 0. The molecule has 0 fully saturated rings. The van der Waals surface area contributed by atoms with Crippen molar-refractivity contribution in [3.05, 3.63) is 0 Å². The summed E-state index contributed by atoms with van der Waals surface area (Å²) in [6.07, 6.45) is 0. The van der Waals surface area contributed by atoms with Crippen molar-refractivity contribution in [2.75, 3.05) is 0 Å². The molecule has 0 heterocycles. The fourth-order valence-corrected chi connectivity index (χ4v) is 0. The van der Waals surface area contributed by atoms with Gasteiger partial charge in [0.1, 0.15) is 0 Å². The minimum atomic E-state index is -2.70. The third-order valence-electron chi connectivity index (χ3n) is 0. The van der Waals surface area contributed by atoms with Crippen molar-refractivity contribution in [2.24, 2.45) is 0 Å². The molecular weight excluding hydrogens is 518 g/mol. The molecule has 0 aliphatic carbocycles. The van der Waals surface area contributed by atoms with E-state index in [1.807, 2.05) is 0 Å². The molecule has 0 saturated heterocycles. The van der Waals surface area contributed by atoms with Crippen LogP contribution < -0.4 is 0 Å². The van der Waals surface area contributed by atoms with Crippen molar-refractivity contribution in [3.8, 4) is 0 Å². The summed E-state index contributed by atoms with van der Waals surface area (Å²) in [7, 11) is 0. The summed E-state index contributed by atoms with van der Waals surface area (Å²) < 4.78 is 0. The molecule has 0 N–H and O–H groups in total. The predicted octanol–water partition coefficient (Wildman–Crippen LogP) is 3.85. The van der Waals surface area contributed by atoms with Gasteiger partial charge in [-0.15, -0.1) is 0 Å². The zero-order chi connectivity index (χ0) is 5.45. The number of halogens is 5. The van der Waals surface area contributed by atoms with E-state index >= 15 is 0 Å². The van der Waals surface area contributed by atoms with Gasteiger partial charge in [-0.1, -0.05) is 0 Å². The van der Waals surface area contributed by atoms with Crippen LogP contribution in [0.25, 0.3) is 0 Å². The molecule has 0 radical (unpaired) electrons. The average molecular weight is 518 g/mol. The Hall–Kier alpha value is 3.20. The van der Waals surface area contributed by atoms with Gasteiger partial charge in [-0.25, -0.2) is 0 Å². The fourth-order valence-electron chi connectivity index (χ4n) is 0. The molecule has 0 aromatic carbocycles. The van der Waals surface area contributed by atoms with E-state index in [1.54, 1.807) is 0 Å². The summed E-state index contributed by atoms with van der Waals surface area (Å²) in [6.45, 7) is 0. The molecule has 0 aromatic rings. The van der Waals surface area contributed by atoms with Crippen molar-refractivity contribution < 1.29 is 0 Å². The molecule has 0 aliphatic rings. The Balaban J connectivity index is 3.73. The molecule has 0 unspecified atom stereocenters. The molecule has 0 aliphatic heterocycles. The van der Waals surface area contributed by atoms with Gasteiger partial charge in [-0.05, 0) is 0 Å². The van der Waals surface area contributed by atoms with Crippen LogP contribution in [-0.2, 0) is 0 Å². The first-order valence-electron chi connectivity index (χ1n) is 0.945. The van der Waals surface area contributed by atoms with Crippen LogP contribution in [0.1, 0.15) is 0 Å². The second kappa shape index (κ2) is 2.44. The summed E-state index contributed by atoms with van der Waals surface area (Å²) in [5, 5.41) is 0. The molecule has 0 bridgehead atoms. The molecule has 0 atom stereocenters. The maximum absolute atomic E-state index is 3.36. The van der Waals surface area contributed by atoms with Crippen LogP contribution in [0.5, 0.6) is 0 Å². The standard InChI is InChI=1S/5BrH.Sn/h5*1H;/q;;;;;+4/p-5. The van der Waals surface area contributed by atoms with Gasteiger partial charge in [-0.3, -0.25) is 0 Å². The Morgan fingerprint density at radius 1 is 0.667 bits per heavy atom. The van der Waals surface area contributed by atoms with Gasteiger partial charge >= 0.3 is 69.4 Å². The van der Waals surface area contributed by atoms with E-state index in [0.717, 1.165) is 0 Å². The Bertz CT molecular complexity index is 37.1. The van der Waals surface area contributed by atoms with Gasteiger partial charge in [0, 0.05) is 0 Å². The normalized spacial score (nSPS) is 19.2. The van der Waals surface area contributed by atoms with E-state index in [0.29, 0.717) is 0 Å². The van der Waals surface area contributed by atoms with Gasteiger partial charge in [0.05, 0.1) is 0 Å². The molecule has 6 heteroatoms. The van der Waals surface area contributed by atoms with Crippen LogP contribution in [0, 0.1) is 0 Å². The van der Waals surface area contributed by atoms with E-state index < -0.39 is 5.89 Å². The number of rotatable bonds is 0. The third kappa shape index (κ3) is 27.0. The average Bonchev–Trinajstić information content (AvgIpc) is 0.650. The second-order valence-electron chi connectivity index (χ2n) is 0.714.